The molecule has 8 heteroatoms. The Labute approximate surface area is 162 Å². The molecule has 4 rings (SSSR count). The molecule has 2 aromatic rings. The molecule has 2 atom stereocenters. The van der Waals surface area contributed by atoms with Crippen molar-refractivity contribution in [2.75, 3.05) is 5.32 Å². The number of nitrogens with two attached hydrogens (primary N) is 2. The van der Waals surface area contributed by atoms with Crippen molar-refractivity contribution in [1.29, 1.82) is 0 Å². The van der Waals surface area contributed by atoms with Crippen molar-refractivity contribution in [1.82, 2.24) is 10.3 Å². The number of anilines is 1. The Hall–Kier alpha value is -3.03. The van der Waals surface area contributed by atoms with Crippen molar-refractivity contribution < 1.29 is 14.4 Å². The second-order valence-corrected chi connectivity index (χ2v) is 8.03. The maximum Gasteiger partial charge on any atom is 0.317 e. The summed E-state index contributed by atoms with van der Waals surface area (Å²) >= 11 is 0. The normalized spacial score (nSPS) is 23.9. The number of aromatic amines is 1. The molecule has 7 N–H and O–H groups in total. The van der Waals surface area contributed by atoms with Gasteiger partial charge in [-0.05, 0) is 43.2 Å². The molecule has 28 heavy (non-hydrogen) atoms. The molecule has 4 amide bonds. The number of aromatic nitrogens is 1. The molecular formula is C20H25N5O3. The van der Waals surface area contributed by atoms with E-state index >= 15 is 0 Å². The minimum Gasteiger partial charge on any atom is -0.365 e. The van der Waals surface area contributed by atoms with E-state index in [9.17, 15) is 14.4 Å². The fourth-order valence-corrected chi connectivity index (χ4v) is 4.93. The van der Waals surface area contributed by atoms with Gasteiger partial charge in [-0.15, -0.1) is 0 Å². The number of hydrogen-bond donors (Lipinski definition) is 5. The maximum absolute atomic E-state index is 12.8. The standard InChI is InChI=1S/C20H25N5O3/c21-17(26)16-14-5-4-12(9-15(14)24-18(16)25-20(22)28)19(27)23-13-7-10-2-1-3-11(6-10)8-13/h4-5,9-11,13,24H,1-3,6-8H2,(H2,21,26)(H,23,27)(H3,22,25,28). The minimum absolute atomic E-state index is 0.132. The molecule has 0 radical (unpaired) electrons. The summed E-state index contributed by atoms with van der Waals surface area (Å²) in [4.78, 5) is 38.6. The lowest BCUT2D eigenvalue weighted by Crippen LogP contribution is -2.42. The highest BCUT2D eigenvalue weighted by Crippen LogP contribution is 2.39. The van der Waals surface area contributed by atoms with Gasteiger partial charge in [0.1, 0.15) is 5.82 Å². The van der Waals surface area contributed by atoms with Crippen LogP contribution in [0.5, 0.6) is 0 Å². The number of rotatable bonds is 4. The predicted molar refractivity (Wildman–Crippen MR) is 106 cm³/mol. The van der Waals surface area contributed by atoms with Crippen LogP contribution in [0.25, 0.3) is 10.9 Å². The molecule has 2 aliphatic carbocycles. The third-order valence-electron chi connectivity index (χ3n) is 6.02. The molecule has 0 aliphatic heterocycles. The largest absolute Gasteiger partial charge is 0.365 e. The molecule has 2 saturated carbocycles. The Kier molecular flexibility index (Phi) is 4.70. The van der Waals surface area contributed by atoms with Gasteiger partial charge in [0.05, 0.1) is 5.56 Å². The third-order valence-corrected chi connectivity index (χ3v) is 6.02. The number of fused-ring (bicyclic) bond motifs is 3. The summed E-state index contributed by atoms with van der Waals surface area (Å²) in [6.07, 6.45) is 7.23. The Balaban J connectivity index is 1.56. The van der Waals surface area contributed by atoms with E-state index in [2.05, 4.69) is 15.6 Å². The number of nitrogens with one attached hydrogen (secondary N) is 3. The van der Waals surface area contributed by atoms with Gasteiger partial charge in [0.25, 0.3) is 11.8 Å². The van der Waals surface area contributed by atoms with E-state index in [-0.39, 0.29) is 23.3 Å². The number of benzene rings is 1. The van der Waals surface area contributed by atoms with E-state index in [0.717, 1.165) is 24.7 Å². The van der Waals surface area contributed by atoms with Crippen molar-refractivity contribution in [3.8, 4) is 0 Å². The first kappa shape index (κ1) is 18.3. The summed E-state index contributed by atoms with van der Waals surface area (Å²) in [5, 5.41) is 6.06. The zero-order chi connectivity index (χ0) is 19.8. The van der Waals surface area contributed by atoms with Crippen molar-refractivity contribution in [2.24, 2.45) is 23.3 Å². The van der Waals surface area contributed by atoms with Crippen LogP contribution < -0.4 is 22.1 Å². The predicted octanol–water partition coefficient (Wildman–Crippen LogP) is 2.46. The van der Waals surface area contributed by atoms with Crippen LogP contribution in [-0.2, 0) is 0 Å². The van der Waals surface area contributed by atoms with E-state index in [1.54, 1.807) is 18.2 Å². The molecule has 0 saturated heterocycles. The Morgan fingerprint density at radius 3 is 2.39 bits per heavy atom. The van der Waals surface area contributed by atoms with Gasteiger partial charge in [-0.2, -0.15) is 0 Å². The minimum atomic E-state index is -0.810. The molecule has 1 aromatic carbocycles. The average molecular weight is 383 g/mol. The second kappa shape index (κ2) is 7.18. The van der Waals surface area contributed by atoms with Crippen LogP contribution in [0.3, 0.4) is 0 Å². The molecule has 8 nitrogen and oxygen atoms in total. The SMILES string of the molecule is NC(=O)Nc1[nH]c2cc(C(=O)NC3CC4CCCC(C4)C3)ccc2c1C(N)=O. The van der Waals surface area contributed by atoms with Gasteiger partial charge in [0, 0.05) is 22.5 Å². The summed E-state index contributed by atoms with van der Waals surface area (Å²) in [5.74, 6) is 0.758. The third kappa shape index (κ3) is 3.54. The van der Waals surface area contributed by atoms with Gasteiger partial charge >= 0.3 is 6.03 Å². The number of hydrogen-bond acceptors (Lipinski definition) is 3. The molecule has 1 heterocycles. The topological polar surface area (TPSA) is 143 Å². The summed E-state index contributed by atoms with van der Waals surface area (Å²) in [5.41, 5.74) is 11.8. The molecular weight excluding hydrogens is 358 g/mol. The van der Waals surface area contributed by atoms with Gasteiger partial charge in [-0.1, -0.05) is 25.3 Å². The van der Waals surface area contributed by atoms with Crippen LogP contribution in [0.1, 0.15) is 59.2 Å². The lowest BCUT2D eigenvalue weighted by Gasteiger charge is -2.39. The smallest absolute Gasteiger partial charge is 0.317 e. The average Bonchev–Trinajstić information content (AvgIpc) is 2.97. The molecule has 0 spiro atoms. The van der Waals surface area contributed by atoms with Crippen molar-refractivity contribution in [3.63, 3.8) is 0 Å². The molecule has 2 aliphatic rings. The Morgan fingerprint density at radius 2 is 1.75 bits per heavy atom. The zero-order valence-corrected chi connectivity index (χ0v) is 15.6. The van der Waals surface area contributed by atoms with E-state index < -0.39 is 11.9 Å². The fraction of sp³-hybridized carbons (Fsp3) is 0.450. The van der Waals surface area contributed by atoms with Gasteiger partial charge < -0.3 is 21.8 Å². The Morgan fingerprint density at radius 1 is 1.04 bits per heavy atom. The zero-order valence-electron chi connectivity index (χ0n) is 15.6. The van der Waals surface area contributed by atoms with Gasteiger partial charge in [-0.25, -0.2) is 4.79 Å². The molecule has 2 unspecified atom stereocenters. The highest BCUT2D eigenvalue weighted by Gasteiger charge is 2.32. The quantitative estimate of drug-likeness (QED) is 0.553. The van der Waals surface area contributed by atoms with Crippen molar-refractivity contribution >= 4 is 34.6 Å². The van der Waals surface area contributed by atoms with Crippen molar-refractivity contribution in [3.05, 3.63) is 29.3 Å². The van der Waals surface area contributed by atoms with Gasteiger partial charge in [-0.3, -0.25) is 14.9 Å². The summed E-state index contributed by atoms with van der Waals surface area (Å²) < 4.78 is 0. The van der Waals surface area contributed by atoms with Crippen molar-refractivity contribution in [2.45, 2.75) is 44.6 Å². The summed E-state index contributed by atoms with van der Waals surface area (Å²) in [6.45, 7) is 0. The van der Waals surface area contributed by atoms with E-state index in [1.165, 1.54) is 25.7 Å². The van der Waals surface area contributed by atoms with Gasteiger partial charge in [0.15, 0.2) is 0 Å². The summed E-state index contributed by atoms with van der Waals surface area (Å²) in [7, 11) is 0. The number of primary amides is 2. The molecule has 2 fully saturated rings. The van der Waals surface area contributed by atoms with Crippen LogP contribution in [-0.4, -0.2) is 28.9 Å². The van der Waals surface area contributed by atoms with Crippen LogP contribution in [0.4, 0.5) is 10.6 Å². The first-order valence-corrected chi connectivity index (χ1v) is 9.73. The highest BCUT2D eigenvalue weighted by atomic mass is 16.2. The van der Waals surface area contributed by atoms with Gasteiger partial charge in [0.2, 0.25) is 0 Å². The Bertz CT molecular complexity index is 939. The van der Waals surface area contributed by atoms with Crippen LogP contribution in [0, 0.1) is 11.8 Å². The molecule has 148 valence electrons. The van der Waals surface area contributed by atoms with Crippen LogP contribution in [0.15, 0.2) is 18.2 Å². The number of carbonyl (C=O) groups is 3. The maximum atomic E-state index is 12.8. The first-order chi connectivity index (χ1) is 13.4. The van der Waals surface area contributed by atoms with E-state index in [0.29, 0.717) is 16.5 Å². The lowest BCUT2D eigenvalue weighted by atomic mass is 9.70. The van der Waals surface area contributed by atoms with Crippen LogP contribution >= 0.6 is 0 Å². The number of carbonyl (C=O) groups excluding carboxylic acids is 3. The van der Waals surface area contributed by atoms with Crippen LogP contribution in [0.2, 0.25) is 0 Å². The summed E-state index contributed by atoms with van der Waals surface area (Å²) in [6, 6.07) is 4.38. The molecule has 1 aromatic heterocycles. The first-order valence-electron chi connectivity index (χ1n) is 9.73. The number of H-pyrrole nitrogens is 1. The second-order valence-electron chi connectivity index (χ2n) is 8.03. The van der Waals surface area contributed by atoms with E-state index in [1.807, 2.05) is 0 Å². The van der Waals surface area contributed by atoms with E-state index in [4.69, 9.17) is 11.5 Å². The number of amides is 4. The molecule has 2 bridgehead atoms. The lowest BCUT2D eigenvalue weighted by molar-refractivity contribution is 0.0879. The highest BCUT2D eigenvalue weighted by molar-refractivity contribution is 6.13. The monoisotopic (exact) mass is 383 g/mol. The fourth-order valence-electron chi connectivity index (χ4n) is 4.93. The number of urea groups is 1.